The molecule has 0 radical (unpaired) electrons. The van der Waals surface area contributed by atoms with E-state index in [0.717, 1.165) is 5.56 Å². The van der Waals surface area contributed by atoms with Gasteiger partial charge in [-0.1, -0.05) is 42.5 Å². The highest BCUT2D eigenvalue weighted by Gasteiger charge is 2.43. The summed E-state index contributed by atoms with van der Waals surface area (Å²) >= 11 is 0. The lowest BCUT2D eigenvalue weighted by molar-refractivity contribution is -0.123. The quantitative estimate of drug-likeness (QED) is 0.584. The topological polar surface area (TPSA) is 100 Å². The molecule has 0 saturated carbocycles. The van der Waals surface area contributed by atoms with E-state index in [0.29, 0.717) is 16.9 Å². The largest absolute Gasteiger partial charge is 0.467 e. The van der Waals surface area contributed by atoms with Gasteiger partial charge in [0, 0.05) is 5.56 Å². The van der Waals surface area contributed by atoms with E-state index in [2.05, 4.69) is 16.0 Å². The first-order valence-electron chi connectivity index (χ1n) is 9.11. The number of benzene rings is 2. The van der Waals surface area contributed by atoms with Gasteiger partial charge < -0.3 is 15.1 Å². The van der Waals surface area contributed by atoms with Gasteiger partial charge in [0.1, 0.15) is 17.3 Å². The zero-order chi connectivity index (χ0) is 20.4. The van der Waals surface area contributed by atoms with Crippen molar-refractivity contribution in [2.75, 3.05) is 0 Å². The molecule has 3 N–H and O–H groups in total. The van der Waals surface area contributed by atoms with Crippen LogP contribution in [0, 0.1) is 0 Å². The first-order chi connectivity index (χ1) is 14.0. The number of amides is 4. The van der Waals surface area contributed by atoms with Crippen molar-refractivity contribution in [2.24, 2.45) is 0 Å². The standard InChI is InChI=1S/C22H19N3O4/c1-22(20(27)24-21(28)25-22)16-11-9-15(10-12-16)19(26)23-18(17-8-5-13-29-17)14-6-3-2-4-7-14/h2-13,18H,1H3,(H,23,26)(H2,24,25,27,28)/t18-,22+/m0/s1. The SMILES string of the molecule is C[C@]1(c2ccc(C(=O)N[C@@H](c3ccccc3)c3ccco3)cc2)NC(=O)NC1=O. The van der Waals surface area contributed by atoms with Gasteiger partial charge in [0.2, 0.25) is 0 Å². The molecule has 0 bridgehead atoms. The van der Waals surface area contributed by atoms with Gasteiger partial charge in [-0.2, -0.15) is 0 Å². The molecule has 2 aromatic carbocycles. The molecule has 29 heavy (non-hydrogen) atoms. The van der Waals surface area contributed by atoms with E-state index in [1.165, 1.54) is 0 Å². The first-order valence-corrected chi connectivity index (χ1v) is 9.11. The first kappa shape index (κ1) is 18.5. The van der Waals surface area contributed by atoms with Crippen molar-refractivity contribution in [1.29, 1.82) is 0 Å². The Bertz CT molecular complexity index is 1050. The number of urea groups is 1. The molecule has 7 heteroatoms. The van der Waals surface area contributed by atoms with Gasteiger partial charge in [0.25, 0.3) is 11.8 Å². The molecule has 7 nitrogen and oxygen atoms in total. The highest BCUT2D eigenvalue weighted by Crippen LogP contribution is 2.26. The summed E-state index contributed by atoms with van der Waals surface area (Å²) in [6, 6.07) is 18.7. The molecule has 1 fully saturated rings. The number of rotatable bonds is 5. The number of carbonyl (C=O) groups is 3. The molecule has 1 aliphatic heterocycles. The van der Waals surface area contributed by atoms with Crippen LogP contribution in [0.1, 0.15) is 40.2 Å². The van der Waals surface area contributed by atoms with E-state index in [4.69, 9.17) is 4.42 Å². The Kier molecular flexibility index (Phi) is 4.64. The van der Waals surface area contributed by atoms with Gasteiger partial charge in [-0.3, -0.25) is 14.9 Å². The second-order valence-electron chi connectivity index (χ2n) is 6.94. The van der Waals surface area contributed by atoms with Crippen LogP contribution in [0.25, 0.3) is 0 Å². The second kappa shape index (κ2) is 7.27. The van der Waals surface area contributed by atoms with E-state index >= 15 is 0 Å². The molecular formula is C22H19N3O4. The summed E-state index contributed by atoms with van der Waals surface area (Å²) in [6.07, 6.45) is 1.56. The van der Waals surface area contributed by atoms with Gasteiger partial charge in [-0.05, 0) is 42.3 Å². The minimum absolute atomic E-state index is 0.285. The van der Waals surface area contributed by atoms with Crippen molar-refractivity contribution >= 4 is 17.8 Å². The van der Waals surface area contributed by atoms with E-state index in [9.17, 15) is 14.4 Å². The summed E-state index contributed by atoms with van der Waals surface area (Å²) in [5, 5.41) is 7.81. The van der Waals surface area contributed by atoms with E-state index in [-0.39, 0.29) is 5.91 Å². The molecule has 0 spiro atoms. The monoisotopic (exact) mass is 389 g/mol. The van der Waals surface area contributed by atoms with Crippen molar-refractivity contribution in [2.45, 2.75) is 18.5 Å². The Labute approximate surface area is 167 Å². The third-order valence-corrected chi connectivity index (χ3v) is 5.01. The van der Waals surface area contributed by atoms with Crippen LogP contribution in [0.2, 0.25) is 0 Å². The Morgan fingerprint density at radius 2 is 1.72 bits per heavy atom. The predicted octanol–water partition coefficient (Wildman–Crippen LogP) is 2.85. The molecule has 146 valence electrons. The maximum Gasteiger partial charge on any atom is 0.322 e. The van der Waals surface area contributed by atoms with Gasteiger partial charge >= 0.3 is 6.03 Å². The molecule has 2 atom stereocenters. The third kappa shape index (κ3) is 3.50. The van der Waals surface area contributed by atoms with Gasteiger partial charge in [-0.25, -0.2) is 4.79 Å². The Morgan fingerprint density at radius 1 is 1.00 bits per heavy atom. The number of nitrogens with one attached hydrogen (secondary N) is 3. The lowest BCUT2D eigenvalue weighted by atomic mass is 9.91. The zero-order valence-corrected chi connectivity index (χ0v) is 15.6. The molecule has 1 aromatic heterocycles. The Morgan fingerprint density at radius 3 is 2.31 bits per heavy atom. The highest BCUT2D eigenvalue weighted by molar-refractivity contribution is 6.07. The molecule has 0 unspecified atom stereocenters. The van der Waals surface area contributed by atoms with Crippen molar-refractivity contribution in [3.05, 3.63) is 95.4 Å². The predicted molar refractivity (Wildman–Crippen MR) is 105 cm³/mol. The summed E-state index contributed by atoms with van der Waals surface area (Å²) in [7, 11) is 0. The molecule has 3 aromatic rings. The molecule has 4 amide bonds. The number of carbonyl (C=O) groups excluding carboxylic acids is 3. The third-order valence-electron chi connectivity index (χ3n) is 5.01. The van der Waals surface area contributed by atoms with Gasteiger partial charge in [0.05, 0.1) is 6.26 Å². The van der Waals surface area contributed by atoms with Crippen LogP contribution >= 0.6 is 0 Å². The number of furan rings is 1. The molecular weight excluding hydrogens is 370 g/mol. The number of hydrogen-bond donors (Lipinski definition) is 3. The fourth-order valence-electron chi connectivity index (χ4n) is 3.34. The molecule has 2 heterocycles. The molecule has 4 rings (SSSR count). The van der Waals surface area contributed by atoms with Crippen LogP contribution in [-0.2, 0) is 10.3 Å². The smallest absolute Gasteiger partial charge is 0.322 e. The molecule has 0 aliphatic carbocycles. The van der Waals surface area contributed by atoms with Crippen molar-refractivity contribution in [3.63, 3.8) is 0 Å². The summed E-state index contributed by atoms with van der Waals surface area (Å²) in [6.45, 7) is 1.62. The van der Waals surface area contributed by atoms with Crippen molar-refractivity contribution in [1.82, 2.24) is 16.0 Å². The average Bonchev–Trinajstić information content (AvgIpc) is 3.35. The summed E-state index contributed by atoms with van der Waals surface area (Å²) in [4.78, 5) is 36.4. The number of imide groups is 1. The zero-order valence-electron chi connectivity index (χ0n) is 15.6. The highest BCUT2D eigenvalue weighted by atomic mass is 16.3. The number of hydrogen-bond acceptors (Lipinski definition) is 4. The lowest BCUT2D eigenvalue weighted by Crippen LogP contribution is -2.40. The Hall–Kier alpha value is -3.87. The van der Waals surface area contributed by atoms with Crippen LogP contribution in [0.5, 0.6) is 0 Å². The van der Waals surface area contributed by atoms with E-state index < -0.39 is 23.5 Å². The maximum atomic E-state index is 12.9. The minimum Gasteiger partial charge on any atom is -0.467 e. The van der Waals surface area contributed by atoms with Crippen molar-refractivity contribution < 1.29 is 18.8 Å². The minimum atomic E-state index is -1.16. The van der Waals surface area contributed by atoms with Crippen LogP contribution in [0.4, 0.5) is 4.79 Å². The summed E-state index contributed by atoms with van der Waals surface area (Å²) in [5.41, 5.74) is 0.746. The lowest BCUT2D eigenvalue weighted by Gasteiger charge is -2.21. The summed E-state index contributed by atoms with van der Waals surface area (Å²) in [5.74, 6) is -0.0902. The maximum absolute atomic E-state index is 12.9. The van der Waals surface area contributed by atoms with Crippen molar-refractivity contribution in [3.8, 4) is 0 Å². The fourth-order valence-corrected chi connectivity index (χ4v) is 3.34. The van der Waals surface area contributed by atoms with E-state index in [1.54, 1.807) is 43.5 Å². The van der Waals surface area contributed by atoms with Crippen LogP contribution < -0.4 is 16.0 Å². The molecule has 1 aliphatic rings. The van der Waals surface area contributed by atoms with Gasteiger partial charge in [0.15, 0.2) is 0 Å². The van der Waals surface area contributed by atoms with Crippen LogP contribution in [0.15, 0.2) is 77.4 Å². The van der Waals surface area contributed by atoms with Gasteiger partial charge in [-0.15, -0.1) is 0 Å². The second-order valence-corrected chi connectivity index (χ2v) is 6.94. The molecule has 1 saturated heterocycles. The fraction of sp³-hybridized carbons (Fsp3) is 0.136. The van der Waals surface area contributed by atoms with Crippen LogP contribution in [0.3, 0.4) is 0 Å². The average molecular weight is 389 g/mol. The van der Waals surface area contributed by atoms with Crippen LogP contribution in [-0.4, -0.2) is 17.8 Å². The van der Waals surface area contributed by atoms with E-state index in [1.807, 2.05) is 36.4 Å². The summed E-state index contributed by atoms with van der Waals surface area (Å²) < 4.78 is 5.51. The normalized spacial score (nSPS) is 19.3. The Balaban J connectivity index is 1.56.